The molecule has 0 bridgehead atoms. The molecule has 0 aliphatic carbocycles. The number of aliphatic carboxylic acids is 1. The highest BCUT2D eigenvalue weighted by atomic mass is 19.1. The number of nitrogens with zero attached hydrogens (tertiary/aromatic N) is 3. The van der Waals surface area contributed by atoms with Gasteiger partial charge in [-0.1, -0.05) is 0 Å². The van der Waals surface area contributed by atoms with Crippen LogP contribution in [0, 0.1) is 11.6 Å². The van der Waals surface area contributed by atoms with Crippen molar-refractivity contribution in [3.8, 4) is 22.5 Å². The lowest BCUT2D eigenvalue weighted by atomic mass is 10.0. The van der Waals surface area contributed by atoms with E-state index in [2.05, 4.69) is 4.98 Å². The Balaban J connectivity index is 1.82. The highest BCUT2D eigenvalue weighted by Gasteiger charge is 2.18. The van der Waals surface area contributed by atoms with Crippen LogP contribution in [0.25, 0.3) is 22.5 Å². The number of carbonyl (C=O) groups is 1. The van der Waals surface area contributed by atoms with Crippen LogP contribution in [0.5, 0.6) is 0 Å². The molecular weight excluding hydrogens is 444 g/mol. The Hall–Kier alpha value is -3.43. The minimum atomic E-state index is -1.02. The number of anilines is 1. The largest absolute Gasteiger partial charge is 0.480 e. The van der Waals surface area contributed by atoms with Crippen LogP contribution in [-0.2, 0) is 14.3 Å². The summed E-state index contributed by atoms with van der Waals surface area (Å²) in [5, 5.41) is 8.58. The molecule has 3 rings (SSSR count). The van der Waals surface area contributed by atoms with Gasteiger partial charge >= 0.3 is 5.97 Å². The maximum absolute atomic E-state index is 13.5. The number of rotatable bonds is 12. The van der Waals surface area contributed by atoms with Crippen molar-refractivity contribution >= 4 is 11.8 Å². The summed E-state index contributed by atoms with van der Waals surface area (Å²) in [4.78, 5) is 22.0. The van der Waals surface area contributed by atoms with Crippen molar-refractivity contribution in [3.05, 3.63) is 66.4 Å². The highest BCUT2D eigenvalue weighted by molar-refractivity contribution is 5.78. The molecule has 7 nitrogen and oxygen atoms in total. The molecule has 0 radical (unpaired) electrons. The van der Waals surface area contributed by atoms with E-state index in [0.717, 1.165) is 0 Å². The predicted molar refractivity (Wildman–Crippen MR) is 125 cm³/mol. The fraction of sp³-hybridized carbons (Fsp3) is 0.320. The van der Waals surface area contributed by atoms with Crippen LogP contribution in [0.1, 0.15) is 13.8 Å². The zero-order chi connectivity index (χ0) is 24.5. The molecule has 1 N–H and O–H groups in total. The van der Waals surface area contributed by atoms with E-state index in [0.29, 0.717) is 41.5 Å². The molecule has 0 atom stereocenters. The Morgan fingerprint density at radius 1 is 0.912 bits per heavy atom. The Labute approximate surface area is 197 Å². The van der Waals surface area contributed by atoms with E-state index < -0.39 is 5.97 Å². The van der Waals surface area contributed by atoms with Crippen LogP contribution < -0.4 is 4.90 Å². The van der Waals surface area contributed by atoms with E-state index in [-0.39, 0.29) is 37.5 Å². The predicted octanol–water partition coefficient (Wildman–Crippen LogP) is 4.42. The monoisotopic (exact) mass is 471 g/mol. The standard InChI is InChI=1S/C25H27F2N3O4/c1-17(2)30(11-12-33-13-14-34-16-23(31)32)22-15-28-24(18-3-7-20(26)8-4-18)25(29-22)19-5-9-21(27)10-6-19/h3-10,15,17H,11-14,16H2,1-2H3,(H,31,32). The quantitative estimate of drug-likeness (QED) is 0.392. The molecule has 0 amide bonds. The number of halogens is 2. The molecule has 2 aromatic carbocycles. The van der Waals surface area contributed by atoms with Gasteiger partial charge in [-0.25, -0.2) is 18.6 Å². The molecule has 0 aliphatic rings. The summed E-state index contributed by atoms with van der Waals surface area (Å²) in [5.41, 5.74) is 2.50. The van der Waals surface area contributed by atoms with Crippen LogP contribution >= 0.6 is 0 Å². The number of carboxylic acid groups (broad SMARTS) is 1. The third kappa shape index (κ3) is 7.03. The molecule has 0 fully saturated rings. The molecule has 0 saturated heterocycles. The Bertz CT molecular complexity index is 1080. The van der Waals surface area contributed by atoms with E-state index in [1.807, 2.05) is 18.7 Å². The summed E-state index contributed by atoms with van der Waals surface area (Å²) >= 11 is 0. The lowest BCUT2D eigenvalue weighted by molar-refractivity contribution is -0.142. The van der Waals surface area contributed by atoms with Crippen molar-refractivity contribution < 1.29 is 28.2 Å². The van der Waals surface area contributed by atoms with Gasteiger partial charge in [0.1, 0.15) is 24.1 Å². The van der Waals surface area contributed by atoms with Crippen LogP contribution in [0.4, 0.5) is 14.6 Å². The lowest BCUT2D eigenvalue weighted by Crippen LogP contribution is -2.35. The number of hydrogen-bond acceptors (Lipinski definition) is 6. The third-order valence-corrected chi connectivity index (χ3v) is 4.99. The van der Waals surface area contributed by atoms with Gasteiger partial charge < -0.3 is 19.5 Å². The molecular formula is C25H27F2N3O4. The number of ether oxygens (including phenoxy) is 2. The summed E-state index contributed by atoms with van der Waals surface area (Å²) in [6.45, 7) is 5.03. The maximum atomic E-state index is 13.5. The Morgan fingerprint density at radius 2 is 1.47 bits per heavy atom. The Morgan fingerprint density at radius 3 is 2.03 bits per heavy atom. The van der Waals surface area contributed by atoms with Crippen molar-refractivity contribution in [2.45, 2.75) is 19.9 Å². The summed E-state index contributed by atoms with van der Waals surface area (Å²) in [5.74, 6) is -1.11. The van der Waals surface area contributed by atoms with Gasteiger partial charge in [-0.2, -0.15) is 0 Å². The van der Waals surface area contributed by atoms with Crippen molar-refractivity contribution in [1.82, 2.24) is 9.97 Å². The van der Waals surface area contributed by atoms with Gasteiger partial charge in [0.05, 0.1) is 37.4 Å². The highest BCUT2D eigenvalue weighted by Crippen LogP contribution is 2.31. The second-order valence-electron chi connectivity index (χ2n) is 7.79. The van der Waals surface area contributed by atoms with E-state index in [9.17, 15) is 13.6 Å². The third-order valence-electron chi connectivity index (χ3n) is 4.99. The summed E-state index contributed by atoms with van der Waals surface area (Å²) in [6, 6.07) is 12.1. The van der Waals surface area contributed by atoms with Gasteiger partial charge in [-0.05, 0) is 62.4 Å². The molecule has 9 heteroatoms. The molecule has 1 aromatic heterocycles. The molecule has 0 saturated carbocycles. The van der Waals surface area contributed by atoms with Crippen LogP contribution in [0.3, 0.4) is 0 Å². The topological polar surface area (TPSA) is 84.8 Å². The molecule has 3 aromatic rings. The van der Waals surface area contributed by atoms with Crippen LogP contribution in [0.15, 0.2) is 54.7 Å². The SMILES string of the molecule is CC(C)N(CCOCCOCC(=O)O)c1cnc(-c2ccc(F)cc2)c(-c2ccc(F)cc2)n1. The second kappa shape index (κ2) is 12.2. The van der Waals surface area contributed by atoms with Crippen molar-refractivity contribution in [1.29, 1.82) is 0 Å². The number of carboxylic acids is 1. The van der Waals surface area contributed by atoms with Crippen molar-refractivity contribution in [2.75, 3.05) is 37.9 Å². The number of benzene rings is 2. The lowest BCUT2D eigenvalue weighted by Gasteiger charge is -2.28. The van der Waals surface area contributed by atoms with Gasteiger partial charge in [-0.3, -0.25) is 4.98 Å². The molecule has 0 aliphatic heterocycles. The first-order valence-corrected chi connectivity index (χ1v) is 10.9. The molecule has 0 unspecified atom stereocenters. The zero-order valence-electron chi connectivity index (χ0n) is 19.1. The average Bonchev–Trinajstić information content (AvgIpc) is 2.81. The van der Waals surface area contributed by atoms with Crippen molar-refractivity contribution in [3.63, 3.8) is 0 Å². The van der Waals surface area contributed by atoms with Crippen LogP contribution in [0.2, 0.25) is 0 Å². The normalized spacial score (nSPS) is 11.1. The maximum Gasteiger partial charge on any atom is 0.329 e. The van der Waals surface area contributed by atoms with E-state index in [1.54, 1.807) is 30.5 Å². The molecule has 1 heterocycles. The average molecular weight is 472 g/mol. The zero-order valence-corrected chi connectivity index (χ0v) is 19.1. The summed E-state index contributed by atoms with van der Waals surface area (Å²) in [6.07, 6.45) is 1.65. The van der Waals surface area contributed by atoms with Gasteiger partial charge in [-0.15, -0.1) is 0 Å². The molecule has 180 valence electrons. The summed E-state index contributed by atoms with van der Waals surface area (Å²) in [7, 11) is 0. The fourth-order valence-corrected chi connectivity index (χ4v) is 3.33. The van der Waals surface area contributed by atoms with E-state index >= 15 is 0 Å². The molecule has 34 heavy (non-hydrogen) atoms. The first kappa shape index (κ1) is 25.2. The first-order chi connectivity index (χ1) is 16.3. The Kier molecular flexibility index (Phi) is 9.00. The molecule has 0 spiro atoms. The van der Waals surface area contributed by atoms with Crippen molar-refractivity contribution in [2.24, 2.45) is 0 Å². The minimum Gasteiger partial charge on any atom is -0.480 e. The van der Waals surface area contributed by atoms with Gasteiger partial charge in [0.25, 0.3) is 0 Å². The van der Waals surface area contributed by atoms with Gasteiger partial charge in [0.2, 0.25) is 0 Å². The van der Waals surface area contributed by atoms with E-state index in [1.165, 1.54) is 24.3 Å². The second-order valence-corrected chi connectivity index (χ2v) is 7.79. The summed E-state index contributed by atoms with van der Waals surface area (Å²) < 4.78 is 37.5. The number of hydrogen-bond donors (Lipinski definition) is 1. The van der Waals surface area contributed by atoms with Gasteiger partial charge in [0, 0.05) is 23.7 Å². The fourth-order valence-electron chi connectivity index (χ4n) is 3.33. The van der Waals surface area contributed by atoms with Crippen LogP contribution in [-0.4, -0.2) is 60.1 Å². The minimum absolute atomic E-state index is 0.0823. The first-order valence-electron chi connectivity index (χ1n) is 10.9. The van der Waals surface area contributed by atoms with Gasteiger partial charge in [0.15, 0.2) is 0 Å². The smallest absolute Gasteiger partial charge is 0.329 e. The number of aromatic nitrogens is 2. The van der Waals surface area contributed by atoms with E-state index in [4.69, 9.17) is 19.6 Å².